The number of hydrogen-bond donors (Lipinski definition) is 1. The minimum Gasteiger partial charge on any atom is -0.308 e. The van der Waals surface area contributed by atoms with E-state index in [-0.39, 0.29) is 6.04 Å². The molecule has 0 aliphatic carbocycles. The lowest BCUT2D eigenvalue weighted by Gasteiger charge is -2.20. The van der Waals surface area contributed by atoms with E-state index in [9.17, 15) is 0 Å². The standard InChI is InChI=1S/C12H12BrCl2N3/c1-16-11(12-7(13)6-17-18(12)2)10-8(14)4-3-5-9(10)15/h3-6,11,16H,1-2H3. The van der Waals surface area contributed by atoms with Crippen molar-refractivity contribution < 1.29 is 0 Å². The van der Waals surface area contributed by atoms with Gasteiger partial charge in [0, 0.05) is 22.7 Å². The molecule has 1 unspecified atom stereocenters. The average molecular weight is 349 g/mol. The van der Waals surface area contributed by atoms with Crippen LogP contribution in [0.1, 0.15) is 17.3 Å². The molecule has 0 radical (unpaired) electrons. The van der Waals surface area contributed by atoms with Crippen LogP contribution in [0.5, 0.6) is 0 Å². The van der Waals surface area contributed by atoms with Gasteiger partial charge in [0.25, 0.3) is 0 Å². The summed E-state index contributed by atoms with van der Waals surface area (Å²) in [5, 5.41) is 8.71. The molecule has 2 rings (SSSR count). The molecule has 6 heteroatoms. The first-order chi connectivity index (χ1) is 8.56. The van der Waals surface area contributed by atoms with E-state index in [2.05, 4.69) is 26.3 Å². The summed E-state index contributed by atoms with van der Waals surface area (Å²) in [5.41, 5.74) is 1.83. The quantitative estimate of drug-likeness (QED) is 0.914. The van der Waals surface area contributed by atoms with Crippen LogP contribution in [0.3, 0.4) is 0 Å². The maximum Gasteiger partial charge on any atom is 0.0786 e. The highest BCUT2D eigenvalue weighted by molar-refractivity contribution is 9.10. The van der Waals surface area contributed by atoms with Gasteiger partial charge in [-0.15, -0.1) is 0 Å². The average Bonchev–Trinajstić information content (AvgIpc) is 2.65. The van der Waals surface area contributed by atoms with E-state index in [1.54, 1.807) is 10.9 Å². The summed E-state index contributed by atoms with van der Waals surface area (Å²) in [6, 6.07) is 5.38. The third-order valence-electron chi connectivity index (χ3n) is 2.79. The molecule has 3 nitrogen and oxygen atoms in total. The van der Waals surface area contributed by atoms with Crippen molar-refractivity contribution in [2.24, 2.45) is 7.05 Å². The minimum absolute atomic E-state index is 0.118. The SMILES string of the molecule is CNC(c1c(Cl)cccc1Cl)c1c(Br)cnn1C. The van der Waals surface area contributed by atoms with Gasteiger partial charge in [-0.1, -0.05) is 29.3 Å². The normalized spacial score (nSPS) is 12.7. The summed E-state index contributed by atoms with van der Waals surface area (Å²) in [5.74, 6) is 0. The van der Waals surface area contributed by atoms with Crippen LogP contribution in [0, 0.1) is 0 Å². The van der Waals surface area contributed by atoms with Gasteiger partial charge < -0.3 is 5.32 Å². The number of aryl methyl sites for hydroxylation is 1. The highest BCUT2D eigenvalue weighted by Gasteiger charge is 2.23. The minimum atomic E-state index is -0.118. The van der Waals surface area contributed by atoms with Crippen molar-refractivity contribution in [1.82, 2.24) is 15.1 Å². The van der Waals surface area contributed by atoms with Crippen molar-refractivity contribution in [2.45, 2.75) is 6.04 Å². The predicted molar refractivity (Wildman–Crippen MR) is 78.3 cm³/mol. The number of halogens is 3. The van der Waals surface area contributed by atoms with Crippen molar-refractivity contribution >= 4 is 39.1 Å². The molecule has 1 heterocycles. The van der Waals surface area contributed by atoms with Gasteiger partial charge in [0.05, 0.1) is 22.4 Å². The summed E-state index contributed by atoms with van der Waals surface area (Å²) in [6.45, 7) is 0. The molecule has 0 aliphatic heterocycles. The van der Waals surface area contributed by atoms with Gasteiger partial charge in [0.2, 0.25) is 0 Å². The number of hydrogen-bond acceptors (Lipinski definition) is 2. The van der Waals surface area contributed by atoms with Crippen LogP contribution in [0.25, 0.3) is 0 Å². The van der Waals surface area contributed by atoms with Gasteiger partial charge in [-0.2, -0.15) is 5.10 Å². The maximum absolute atomic E-state index is 6.26. The van der Waals surface area contributed by atoms with Crippen LogP contribution in [0.2, 0.25) is 10.0 Å². The Morgan fingerprint density at radius 3 is 2.39 bits per heavy atom. The first kappa shape index (κ1) is 13.9. The van der Waals surface area contributed by atoms with Crippen LogP contribution >= 0.6 is 39.1 Å². The lowest BCUT2D eigenvalue weighted by Crippen LogP contribution is -2.21. The van der Waals surface area contributed by atoms with E-state index in [0.717, 1.165) is 15.7 Å². The first-order valence-electron chi connectivity index (χ1n) is 5.34. The summed E-state index contributed by atoms with van der Waals surface area (Å²) < 4.78 is 2.71. The van der Waals surface area contributed by atoms with Crippen LogP contribution in [-0.4, -0.2) is 16.8 Å². The highest BCUT2D eigenvalue weighted by Crippen LogP contribution is 2.36. The fourth-order valence-electron chi connectivity index (χ4n) is 1.95. The second-order valence-corrected chi connectivity index (χ2v) is 5.53. The lowest BCUT2D eigenvalue weighted by molar-refractivity contribution is 0.604. The summed E-state index contributed by atoms with van der Waals surface area (Å²) in [4.78, 5) is 0. The smallest absolute Gasteiger partial charge is 0.0786 e. The van der Waals surface area contributed by atoms with E-state index in [4.69, 9.17) is 23.2 Å². The molecule has 0 saturated carbocycles. The Morgan fingerprint density at radius 1 is 1.33 bits per heavy atom. The molecule has 18 heavy (non-hydrogen) atoms. The number of aromatic nitrogens is 2. The zero-order chi connectivity index (χ0) is 13.3. The fourth-order valence-corrected chi connectivity index (χ4v) is 3.14. The van der Waals surface area contributed by atoms with E-state index in [1.165, 1.54) is 0 Å². The Kier molecular flexibility index (Phi) is 4.33. The lowest BCUT2D eigenvalue weighted by atomic mass is 10.0. The molecule has 96 valence electrons. The molecule has 0 fully saturated rings. The fraction of sp³-hybridized carbons (Fsp3) is 0.250. The van der Waals surface area contributed by atoms with Gasteiger partial charge in [0.1, 0.15) is 0 Å². The van der Waals surface area contributed by atoms with Crippen molar-refractivity contribution in [3.8, 4) is 0 Å². The molecule has 0 amide bonds. The topological polar surface area (TPSA) is 29.9 Å². The zero-order valence-corrected chi connectivity index (χ0v) is 13.0. The second kappa shape index (κ2) is 5.61. The summed E-state index contributed by atoms with van der Waals surface area (Å²) in [7, 11) is 3.75. The highest BCUT2D eigenvalue weighted by atomic mass is 79.9. The third-order valence-corrected chi connectivity index (χ3v) is 4.06. The zero-order valence-electron chi connectivity index (χ0n) is 9.92. The molecule has 0 spiro atoms. The number of nitrogens with zero attached hydrogens (tertiary/aromatic N) is 2. The first-order valence-corrected chi connectivity index (χ1v) is 6.89. The number of rotatable bonds is 3. The summed E-state index contributed by atoms with van der Waals surface area (Å²) in [6.07, 6.45) is 1.75. The van der Waals surface area contributed by atoms with Crippen molar-refractivity contribution in [3.63, 3.8) is 0 Å². The van der Waals surface area contributed by atoms with Crippen molar-refractivity contribution in [1.29, 1.82) is 0 Å². The maximum atomic E-state index is 6.26. The van der Waals surface area contributed by atoms with Crippen LogP contribution < -0.4 is 5.32 Å². The molecule has 1 aromatic carbocycles. The third kappa shape index (κ3) is 2.43. The molecule has 1 aromatic heterocycles. The van der Waals surface area contributed by atoms with Gasteiger partial charge in [-0.25, -0.2) is 0 Å². The van der Waals surface area contributed by atoms with E-state index >= 15 is 0 Å². The van der Waals surface area contributed by atoms with Crippen LogP contribution in [0.15, 0.2) is 28.9 Å². The summed E-state index contributed by atoms with van der Waals surface area (Å²) >= 11 is 16.0. The van der Waals surface area contributed by atoms with Gasteiger partial charge in [0.15, 0.2) is 0 Å². The molecule has 2 aromatic rings. The predicted octanol–water partition coefficient (Wildman–Crippen LogP) is 3.80. The molecule has 1 N–H and O–H groups in total. The largest absolute Gasteiger partial charge is 0.308 e. The van der Waals surface area contributed by atoms with Crippen LogP contribution in [0.4, 0.5) is 0 Å². The van der Waals surface area contributed by atoms with Gasteiger partial charge in [-0.05, 0) is 35.1 Å². The second-order valence-electron chi connectivity index (χ2n) is 3.86. The van der Waals surface area contributed by atoms with Crippen molar-refractivity contribution in [2.75, 3.05) is 7.05 Å². The molecule has 0 aliphatic rings. The molecule has 0 bridgehead atoms. The van der Waals surface area contributed by atoms with Gasteiger partial charge >= 0.3 is 0 Å². The monoisotopic (exact) mass is 347 g/mol. The molecule has 1 atom stereocenters. The molecule has 0 saturated heterocycles. The Hall–Kier alpha value is -0.550. The molecular weight excluding hydrogens is 337 g/mol. The van der Waals surface area contributed by atoms with E-state index < -0.39 is 0 Å². The Morgan fingerprint density at radius 2 is 1.94 bits per heavy atom. The van der Waals surface area contributed by atoms with E-state index in [0.29, 0.717) is 10.0 Å². The van der Waals surface area contributed by atoms with Crippen molar-refractivity contribution in [3.05, 3.63) is 50.2 Å². The van der Waals surface area contributed by atoms with Gasteiger partial charge in [-0.3, -0.25) is 4.68 Å². The van der Waals surface area contributed by atoms with E-state index in [1.807, 2.05) is 32.3 Å². The number of nitrogens with one attached hydrogen (secondary N) is 1. The Balaban J connectivity index is 2.59. The Labute approximate surface area is 124 Å². The Bertz CT molecular complexity index is 529. The number of benzene rings is 1. The molecular formula is C12H12BrCl2N3. The van der Waals surface area contributed by atoms with Crippen LogP contribution in [-0.2, 0) is 7.05 Å².